The van der Waals surface area contributed by atoms with Gasteiger partial charge in [0.2, 0.25) is 0 Å². The molecule has 43 heavy (non-hydrogen) atoms. The Kier molecular flexibility index (Phi) is 8.85. The maximum atomic E-state index is 12.9. The third-order valence-corrected chi connectivity index (χ3v) is 9.96. The minimum atomic E-state index is -0.166. The second-order valence-electron chi connectivity index (χ2n) is 12.3. The first-order valence-corrected chi connectivity index (χ1v) is 15.7. The Bertz CT molecular complexity index is 1490. The number of nitrogens with zero attached hydrogens (tertiary/aromatic N) is 2. The molecule has 0 amide bonds. The van der Waals surface area contributed by atoms with Gasteiger partial charge in [0.25, 0.3) is 0 Å². The fourth-order valence-corrected chi connectivity index (χ4v) is 7.68. The van der Waals surface area contributed by atoms with Crippen LogP contribution in [0.25, 0.3) is 0 Å². The number of piperidine rings is 1. The Balaban J connectivity index is 1.27. The smallest absolute Gasteiger partial charge is 0.310 e. The van der Waals surface area contributed by atoms with Crippen LogP contribution in [-0.4, -0.2) is 42.8 Å². The summed E-state index contributed by atoms with van der Waals surface area (Å²) in [5.74, 6) is 0.204. The summed E-state index contributed by atoms with van der Waals surface area (Å²) in [5.41, 5.74) is 6.93. The zero-order valence-corrected chi connectivity index (χ0v) is 25.4. The van der Waals surface area contributed by atoms with Gasteiger partial charge in [-0.1, -0.05) is 116 Å². The molecule has 4 atom stereocenters. The average Bonchev–Trinajstić information content (AvgIpc) is 3.06. The van der Waals surface area contributed by atoms with Crippen LogP contribution in [0, 0.1) is 11.8 Å². The Morgan fingerprint density at radius 3 is 2.19 bits per heavy atom. The molecule has 0 radical (unpaired) electrons. The summed E-state index contributed by atoms with van der Waals surface area (Å²) in [6.45, 7) is 4.17. The Morgan fingerprint density at radius 1 is 0.884 bits per heavy atom. The Labute approximate surface area is 256 Å². The fourth-order valence-electron chi connectivity index (χ4n) is 7.68. The molecule has 1 heterocycles. The molecule has 1 aliphatic heterocycles. The summed E-state index contributed by atoms with van der Waals surface area (Å²) in [7, 11) is 1.52. The van der Waals surface area contributed by atoms with E-state index in [1.165, 1.54) is 37.5 Å². The van der Waals surface area contributed by atoms with Crippen LogP contribution < -0.4 is 0 Å². The van der Waals surface area contributed by atoms with Crippen LogP contribution in [0.2, 0.25) is 0 Å². The summed E-state index contributed by atoms with van der Waals surface area (Å²) < 4.78 is 5.28. The average molecular weight is 571 g/mol. The molecule has 220 valence electrons. The number of hydrogen-bond acceptors (Lipinski definition) is 4. The largest absolute Gasteiger partial charge is 0.469 e. The lowest BCUT2D eigenvalue weighted by molar-refractivity contribution is -0.147. The highest BCUT2D eigenvalue weighted by atomic mass is 16.5. The quantitative estimate of drug-likeness (QED) is 0.151. The molecular weight excluding hydrogens is 528 g/mol. The third-order valence-electron chi connectivity index (χ3n) is 9.96. The minimum absolute atomic E-state index is 0.109. The topological polar surface area (TPSA) is 41.9 Å². The Morgan fingerprint density at radius 2 is 1.53 bits per heavy atom. The van der Waals surface area contributed by atoms with E-state index in [2.05, 4.69) is 96.8 Å². The number of likely N-dealkylation sites (tertiary alicyclic amines) is 1. The zero-order valence-electron chi connectivity index (χ0n) is 25.4. The van der Waals surface area contributed by atoms with Crippen molar-refractivity contribution in [1.29, 1.82) is 0 Å². The van der Waals surface area contributed by atoms with Crippen LogP contribution in [0.15, 0.2) is 120 Å². The molecule has 4 aromatic carbocycles. The molecule has 4 aromatic rings. The number of benzene rings is 4. The predicted molar refractivity (Wildman–Crippen MR) is 175 cm³/mol. The van der Waals surface area contributed by atoms with E-state index in [1.54, 1.807) is 0 Å². The number of methoxy groups -OCH3 is 1. The predicted octanol–water partition coefficient (Wildman–Crippen LogP) is 8.02. The van der Waals surface area contributed by atoms with Crippen LogP contribution in [0.4, 0.5) is 5.69 Å². The van der Waals surface area contributed by atoms with Crippen molar-refractivity contribution in [1.82, 2.24) is 4.90 Å². The van der Waals surface area contributed by atoms with E-state index in [0.29, 0.717) is 18.4 Å². The van der Waals surface area contributed by atoms with Gasteiger partial charge in [-0.15, -0.1) is 0 Å². The van der Waals surface area contributed by atoms with Crippen molar-refractivity contribution in [3.63, 3.8) is 0 Å². The number of carbonyl (C=O) groups excluding carboxylic acids is 1. The van der Waals surface area contributed by atoms with Gasteiger partial charge in [-0.05, 0) is 61.4 Å². The SMILES string of the molecule is COC(=O)C(Cc1ccccc1)CN1CCC2(c3cccc(N=C(c4ccccc4)c4ccccc4)c3)CCCC1[C@@H]2C. The fraction of sp³-hybridized carbons (Fsp3) is 0.333. The lowest BCUT2D eigenvalue weighted by Gasteiger charge is -2.56. The molecule has 2 aliphatic rings. The number of rotatable bonds is 9. The van der Waals surface area contributed by atoms with E-state index < -0.39 is 0 Å². The Hall–Kier alpha value is -4.02. The lowest BCUT2D eigenvalue weighted by Crippen LogP contribution is -2.58. The van der Waals surface area contributed by atoms with Crippen LogP contribution in [0.5, 0.6) is 0 Å². The monoisotopic (exact) mass is 570 g/mol. The molecule has 2 fully saturated rings. The van der Waals surface area contributed by atoms with Gasteiger partial charge in [-0.25, -0.2) is 4.99 Å². The number of esters is 1. The number of aliphatic imine (C=N–C) groups is 1. The molecule has 1 aliphatic carbocycles. The van der Waals surface area contributed by atoms with E-state index in [0.717, 1.165) is 42.0 Å². The van der Waals surface area contributed by atoms with Gasteiger partial charge in [0.15, 0.2) is 0 Å². The van der Waals surface area contributed by atoms with Crippen molar-refractivity contribution in [2.45, 2.75) is 50.5 Å². The molecule has 1 saturated heterocycles. The molecule has 4 heteroatoms. The first-order chi connectivity index (χ1) is 21.1. The van der Waals surface area contributed by atoms with E-state index in [-0.39, 0.29) is 17.3 Å². The van der Waals surface area contributed by atoms with Crippen LogP contribution in [0.1, 0.15) is 54.9 Å². The van der Waals surface area contributed by atoms with Crippen molar-refractivity contribution < 1.29 is 9.53 Å². The molecule has 6 rings (SSSR count). The first-order valence-electron chi connectivity index (χ1n) is 15.7. The van der Waals surface area contributed by atoms with E-state index in [1.807, 2.05) is 30.3 Å². The van der Waals surface area contributed by atoms with Crippen molar-refractivity contribution in [3.8, 4) is 0 Å². The van der Waals surface area contributed by atoms with E-state index in [9.17, 15) is 4.79 Å². The minimum Gasteiger partial charge on any atom is -0.469 e. The third kappa shape index (κ3) is 6.21. The van der Waals surface area contributed by atoms with Gasteiger partial charge in [-0.2, -0.15) is 0 Å². The molecule has 2 bridgehead atoms. The summed E-state index contributed by atoms with van der Waals surface area (Å²) in [4.78, 5) is 20.8. The van der Waals surface area contributed by atoms with Crippen molar-refractivity contribution in [2.24, 2.45) is 16.8 Å². The van der Waals surface area contributed by atoms with Gasteiger partial charge < -0.3 is 4.74 Å². The zero-order chi connectivity index (χ0) is 29.6. The molecule has 0 N–H and O–H groups in total. The molecule has 3 unspecified atom stereocenters. The molecular formula is C39H42N2O2. The van der Waals surface area contributed by atoms with Gasteiger partial charge in [0.05, 0.1) is 24.4 Å². The van der Waals surface area contributed by atoms with E-state index in [4.69, 9.17) is 9.73 Å². The highest BCUT2D eigenvalue weighted by Crippen LogP contribution is 2.51. The van der Waals surface area contributed by atoms with Gasteiger partial charge in [0, 0.05) is 29.1 Å². The number of fused-ring (bicyclic) bond motifs is 2. The maximum Gasteiger partial charge on any atom is 0.310 e. The molecule has 1 saturated carbocycles. The summed E-state index contributed by atoms with van der Waals surface area (Å²) in [5, 5.41) is 0. The molecule has 0 aromatic heterocycles. The summed E-state index contributed by atoms with van der Waals surface area (Å²) >= 11 is 0. The highest BCUT2D eigenvalue weighted by Gasteiger charge is 2.49. The van der Waals surface area contributed by atoms with Crippen molar-refractivity contribution in [2.75, 3.05) is 20.2 Å². The van der Waals surface area contributed by atoms with Crippen molar-refractivity contribution >= 4 is 17.4 Å². The van der Waals surface area contributed by atoms with Crippen LogP contribution in [0.3, 0.4) is 0 Å². The van der Waals surface area contributed by atoms with Gasteiger partial charge >= 0.3 is 5.97 Å². The lowest BCUT2D eigenvalue weighted by atomic mass is 9.57. The van der Waals surface area contributed by atoms with Gasteiger partial charge in [0.1, 0.15) is 0 Å². The van der Waals surface area contributed by atoms with Crippen molar-refractivity contribution in [3.05, 3.63) is 138 Å². The van der Waals surface area contributed by atoms with Crippen LogP contribution in [-0.2, 0) is 21.4 Å². The highest BCUT2D eigenvalue weighted by molar-refractivity contribution is 6.13. The molecule has 4 nitrogen and oxygen atoms in total. The maximum absolute atomic E-state index is 12.9. The number of carbonyl (C=O) groups is 1. The number of hydrogen-bond donors (Lipinski definition) is 0. The summed E-state index contributed by atoms with van der Waals surface area (Å²) in [6, 6.07) is 40.7. The standard InChI is InChI=1S/C39H42N2O2/c1-29-36-22-13-23-39(29,24-25-41(36)28-33(38(42)43-2)26-30-14-6-3-7-15-30)34-20-12-21-35(27-34)40-37(31-16-8-4-9-17-31)32-18-10-5-11-19-32/h3-12,14-21,27,29,33,36H,13,22-26,28H2,1-2H3/t29-,33?,36?,39?/m0/s1. The number of ether oxygens (including phenoxy) is 1. The first kappa shape index (κ1) is 29.1. The van der Waals surface area contributed by atoms with Gasteiger partial charge in [-0.3, -0.25) is 9.69 Å². The normalized spacial score (nSPS) is 22.4. The van der Waals surface area contributed by atoms with E-state index >= 15 is 0 Å². The second kappa shape index (κ2) is 13.1. The summed E-state index contributed by atoms with van der Waals surface area (Å²) in [6.07, 6.45) is 5.36. The second-order valence-corrected chi connectivity index (χ2v) is 12.3. The molecule has 0 spiro atoms. The van der Waals surface area contributed by atoms with Crippen LogP contribution >= 0.6 is 0 Å².